The van der Waals surface area contributed by atoms with Crippen LogP contribution >= 0.6 is 23.4 Å². The first-order valence-corrected chi connectivity index (χ1v) is 7.35. The molecule has 2 aromatic rings. The fraction of sp³-hybridized carbons (Fsp3) is 0.250. The molecule has 0 aliphatic heterocycles. The van der Waals surface area contributed by atoms with Crippen molar-refractivity contribution in [2.45, 2.75) is 37.5 Å². The molecular formula is C16H19ClS. The maximum atomic E-state index is 6.09. The minimum Gasteiger partial charge on any atom is -0.0901 e. The van der Waals surface area contributed by atoms with Crippen molar-refractivity contribution in [1.82, 2.24) is 0 Å². The van der Waals surface area contributed by atoms with E-state index in [1.165, 1.54) is 15.4 Å². The lowest BCUT2D eigenvalue weighted by atomic mass is 10.2. The van der Waals surface area contributed by atoms with Crippen molar-refractivity contribution in [3.8, 4) is 0 Å². The first-order chi connectivity index (χ1) is 8.65. The average Bonchev–Trinajstić information content (AvgIpc) is 2.39. The maximum Gasteiger partial charge on any atom is 0.0446 e. The molecule has 0 unspecified atom stereocenters. The zero-order valence-corrected chi connectivity index (χ0v) is 12.9. The van der Waals surface area contributed by atoms with Gasteiger partial charge >= 0.3 is 0 Å². The summed E-state index contributed by atoms with van der Waals surface area (Å²) in [6.45, 7) is 8.11. The average molecular weight is 279 g/mol. The molecule has 0 fully saturated rings. The van der Waals surface area contributed by atoms with E-state index in [9.17, 15) is 0 Å². The molecule has 0 nitrogen and oxygen atoms in total. The molecule has 18 heavy (non-hydrogen) atoms. The number of hydrogen-bond acceptors (Lipinski definition) is 1. The Morgan fingerprint density at radius 2 is 1.39 bits per heavy atom. The van der Waals surface area contributed by atoms with Gasteiger partial charge in [-0.05, 0) is 43.7 Å². The number of hydrogen-bond donors (Lipinski definition) is 0. The van der Waals surface area contributed by atoms with Crippen LogP contribution in [-0.2, 0) is 0 Å². The van der Waals surface area contributed by atoms with E-state index in [1.54, 1.807) is 11.8 Å². The predicted octanol–water partition coefficient (Wildman–Crippen LogP) is 6.13. The van der Waals surface area contributed by atoms with Crippen molar-refractivity contribution in [2.24, 2.45) is 0 Å². The smallest absolute Gasteiger partial charge is 0.0446 e. The van der Waals surface area contributed by atoms with E-state index in [4.69, 9.17) is 11.6 Å². The van der Waals surface area contributed by atoms with E-state index in [2.05, 4.69) is 43.3 Å². The van der Waals surface area contributed by atoms with Crippen LogP contribution in [-0.4, -0.2) is 0 Å². The maximum absolute atomic E-state index is 6.09. The quantitative estimate of drug-likeness (QED) is 0.636. The van der Waals surface area contributed by atoms with Crippen molar-refractivity contribution in [2.75, 3.05) is 0 Å². The molecule has 0 spiro atoms. The lowest BCUT2D eigenvalue weighted by molar-refractivity contribution is 1.34. The Hall–Kier alpha value is -0.920. The molecule has 2 rings (SSSR count). The summed E-state index contributed by atoms with van der Waals surface area (Å²) >= 11 is 7.83. The largest absolute Gasteiger partial charge is 0.0901 e. The molecule has 0 aromatic heterocycles. The summed E-state index contributed by atoms with van der Waals surface area (Å²) in [4.78, 5) is 2.42. The number of halogens is 1. The van der Waals surface area contributed by atoms with Crippen LogP contribution in [0.4, 0.5) is 0 Å². The predicted molar refractivity (Wildman–Crippen MR) is 82.8 cm³/mol. The number of benzene rings is 2. The van der Waals surface area contributed by atoms with Gasteiger partial charge in [-0.3, -0.25) is 0 Å². The van der Waals surface area contributed by atoms with Crippen LogP contribution in [0.2, 0.25) is 5.02 Å². The lowest BCUT2D eigenvalue weighted by Crippen LogP contribution is -1.78. The highest BCUT2D eigenvalue weighted by atomic mass is 35.5. The normalized spacial score (nSPS) is 9.61. The summed E-state index contributed by atoms with van der Waals surface area (Å²) in [5.41, 5.74) is 2.40. The molecule has 96 valence electrons. The van der Waals surface area contributed by atoms with E-state index in [1.807, 2.05) is 26.8 Å². The third-order valence-corrected chi connectivity index (χ3v) is 3.80. The van der Waals surface area contributed by atoms with Crippen molar-refractivity contribution < 1.29 is 0 Å². The van der Waals surface area contributed by atoms with Gasteiger partial charge in [0.2, 0.25) is 0 Å². The van der Waals surface area contributed by atoms with Gasteiger partial charge in [0.25, 0.3) is 0 Å². The second kappa shape index (κ2) is 7.50. The van der Waals surface area contributed by atoms with Crippen molar-refractivity contribution in [3.05, 3.63) is 58.6 Å². The van der Waals surface area contributed by atoms with Gasteiger partial charge in [-0.15, -0.1) is 0 Å². The van der Waals surface area contributed by atoms with Crippen LogP contribution in [0.3, 0.4) is 0 Å². The van der Waals surface area contributed by atoms with Gasteiger partial charge in [0.05, 0.1) is 0 Å². The van der Waals surface area contributed by atoms with Crippen LogP contribution in [0.5, 0.6) is 0 Å². The molecule has 0 bridgehead atoms. The highest BCUT2D eigenvalue weighted by Gasteiger charge is 2.00. The first kappa shape index (κ1) is 15.1. The van der Waals surface area contributed by atoms with Crippen LogP contribution in [0.1, 0.15) is 25.0 Å². The summed E-state index contributed by atoms with van der Waals surface area (Å²) in [6.07, 6.45) is 0. The molecule has 0 aliphatic rings. The Balaban J connectivity index is 0.000000771. The van der Waals surface area contributed by atoms with Gasteiger partial charge < -0.3 is 0 Å². The Morgan fingerprint density at radius 1 is 0.833 bits per heavy atom. The van der Waals surface area contributed by atoms with E-state index < -0.39 is 0 Å². The summed E-state index contributed by atoms with van der Waals surface area (Å²) < 4.78 is 0. The van der Waals surface area contributed by atoms with Gasteiger partial charge in [0.15, 0.2) is 0 Å². The van der Waals surface area contributed by atoms with Crippen molar-refractivity contribution >= 4 is 23.4 Å². The van der Waals surface area contributed by atoms with Gasteiger partial charge in [-0.2, -0.15) is 0 Å². The zero-order chi connectivity index (χ0) is 13.5. The third kappa shape index (κ3) is 4.40. The standard InChI is InChI=1S/C14H13ClS.C2H6/c1-10-3-6-12(7-4-10)16-13-8-5-11(2)14(15)9-13;1-2/h3-9H,1-2H3;1-2H3. The highest BCUT2D eigenvalue weighted by molar-refractivity contribution is 7.99. The molecule has 0 heterocycles. The number of rotatable bonds is 2. The fourth-order valence-electron chi connectivity index (χ4n) is 1.38. The minimum atomic E-state index is 0.831. The fourth-order valence-corrected chi connectivity index (χ4v) is 2.48. The molecule has 0 N–H and O–H groups in total. The summed E-state index contributed by atoms with van der Waals surface area (Å²) in [6, 6.07) is 14.7. The van der Waals surface area contributed by atoms with E-state index in [-0.39, 0.29) is 0 Å². The zero-order valence-electron chi connectivity index (χ0n) is 11.3. The van der Waals surface area contributed by atoms with Crippen LogP contribution < -0.4 is 0 Å². The van der Waals surface area contributed by atoms with Crippen molar-refractivity contribution in [3.63, 3.8) is 0 Å². The lowest BCUT2D eigenvalue weighted by Gasteiger charge is -2.04. The third-order valence-electron chi connectivity index (χ3n) is 2.40. The first-order valence-electron chi connectivity index (χ1n) is 6.16. The van der Waals surface area contributed by atoms with Gasteiger partial charge in [0, 0.05) is 14.8 Å². The molecule has 0 saturated heterocycles. The molecule has 0 amide bonds. The summed E-state index contributed by atoms with van der Waals surface area (Å²) in [7, 11) is 0. The van der Waals surface area contributed by atoms with E-state index in [0.29, 0.717) is 0 Å². The molecular weight excluding hydrogens is 260 g/mol. The van der Waals surface area contributed by atoms with Gasteiger partial charge in [-0.1, -0.05) is 61.0 Å². The second-order valence-electron chi connectivity index (χ2n) is 3.83. The Labute approximate surface area is 119 Å². The number of aryl methyl sites for hydroxylation is 2. The SMILES string of the molecule is CC.Cc1ccc(Sc2ccc(C)c(Cl)c2)cc1. The molecule has 0 atom stereocenters. The van der Waals surface area contributed by atoms with Crippen LogP contribution in [0.15, 0.2) is 52.3 Å². The molecule has 0 aliphatic carbocycles. The van der Waals surface area contributed by atoms with Gasteiger partial charge in [-0.25, -0.2) is 0 Å². The monoisotopic (exact) mass is 278 g/mol. The Kier molecular flexibility index (Phi) is 6.31. The van der Waals surface area contributed by atoms with E-state index >= 15 is 0 Å². The topological polar surface area (TPSA) is 0 Å². The second-order valence-corrected chi connectivity index (χ2v) is 5.38. The Morgan fingerprint density at radius 3 is 1.94 bits per heavy atom. The minimum absolute atomic E-state index is 0.831. The van der Waals surface area contributed by atoms with Crippen molar-refractivity contribution in [1.29, 1.82) is 0 Å². The van der Waals surface area contributed by atoms with Gasteiger partial charge in [0.1, 0.15) is 0 Å². The molecule has 0 radical (unpaired) electrons. The molecule has 0 saturated carbocycles. The Bertz CT molecular complexity index is 489. The molecule has 2 heteroatoms. The summed E-state index contributed by atoms with van der Waals surface area (Å²) in [5.74, 6) is 0. The van der Waals surface area contributed by atoms with Crippen LogP contribution in [0.25, 0.3) is 0 Å². The highest BCUT2D eigenvalue weighted by Crippen LogP contribution is 2.30. The van der Waals surface area contributed by atoms with Crippen LogP contribution in [0, 0.1) is 13.8 Å². The molecule has 2 aromatic carbocycles. The van der Waals surface area contributed by atoms with E-state index in [0.717, 1.165) is 10.6 Å². The summed E-state index contributed by atoms with van der Waals surface area (Å²) in [5, 5.41) is 0.831.